The molecule has 3 fully saturated rings. The highest BCUT2D eigenvalue weighted by molar-refractivity contribution is 6.19. The maximum atomic E-state index is 12.3. The lowest BCUT2D eigenvalue weighted by molar-refractivity contribution is -0.112. The Bertz CT molecular complexity index is 1440. The van der Waals surface area contributed by atoms with Crippen molar-refractivity contribution in [2.45, 2.75) is 50.6 Å². The molecular weight excluding hydrogens is 542 g/mol. The standard InChI is InChI=1S/C33H41N7O3/c1-23(33(34)41)27-19-28(30(42-2)20-29(27)39-15-13-38(14-16-39)25-10-6-7-11-25)37-31-21-32(36-22-35-31)40-26(12-17-43-40)18-24-8-4-3-5-9-24/h3-5,8-9,19-22,25-26H,1,6-7,10-18H2,2H3,(H2,34,41)(H,35,36,37)/t26-/m1/s1. The van der Waals surface area contributed by atoms with Crippen LogP contribution in [0.3, 0.4) is 0 Å². The molecule has 3 heterocycles. The van der Waals surface area contributed by atoms with Gasteiger partial charge in [-0.2, -0.15) is 0 Å². The molecule has 3 aromatic rings. The summed E-state index contributed by atoms with van der Waals surface area (Å²) < 4.78 is 5.84. The van der Waals surface area contributed by atoms with E-state index in [0.717, 1.165) is 44.7 Å². The zero-order valence-electron chi connectivity index (χ0n) is 24.9. The van der Waals surface area contributed by atoms with Gasteiger partial charge in [-0.1, -0.05) is 49.8 Å². The Labute approximate surface area is 253 Å². The van der Waals surface area contributed by atoms with Crippen molar-refractivity contribution >= 4 is 34.5 Å². The Morgan fingerprint density at radius 1 is 1.07 bits per heavy atom. The molecule has 3 aliphatic rings. The van der Waals surface area contributed by atoms with Gasteiger partial charge < -0.3 is 20.7 Å². The van der Waals surface area contributed by atoms with Crippen molar-refractivity contribution < 1.29 is 14.4 Å². The van der Waals surface area contributed by atoms with E-state index in [9.17, 15) is 4.79 Å². The minimum absolute atomic E-state index is 0.165. The molecule has 1 atom stereocenters. The molecule has 1 aliphatic carbocycles. The Kier molecular flexibility index (Phi) is 8.76. The van der Waals surface area contributed by atoms with Gasteiger partial charge in [0.25, 0.3) is 0 Å². The number of primary amides is 1. The summed E-state index contributed by atoms with van der Waals surface area (Å²) in [5.74, 6) is 1.33. The first-order chi connectivity index (χ1) is 21.0. The highest BCUT2D eigenvalue weighted by Crippen LogP contribution is 2.39. The fraction of sp³-hybridized carbons (Fsp3) is 0.424. The number of methoxy groups -OCH3 is 1. The van der Waals surface area contributed by atoms with Gasteiger partial charge in [0, 0.05) is 61.2 Å². The summed E-state index contributed by atoms with van der Waals surface area (Å²) in [6.45, 7) is 8.38. The van der Waals surface area contributed by atoms with Gasteiger partial charge in [-0.05, 0) is 37.3 Å². The summed E-state index contributed by atoms with van der Waals surface area (Å²) in [6, 6.07) is 17.0. The van der Waals surface area contributed by atoms with Crippen LogP contribution in [0.4, 0.5) is 23.0 Å². The lowest BCUT2D eigenvalue weighted by atomic mass is 10.0. The molecule has 2 saturated heterocycles. The number of hydrogen-bond donors (Lipinski definition) is 2. The van der Waals surface area contributed by atoms with Crippen molar-refractivity contribution in [3.63, 3.8) is 0 Å². The maximum absolute atomic E-state index is 12.3. The van der Waals surface area contributed by atoms with Gasteiger partial charge in [-0.15, -0.1) is 0 Å². The van der Waals surface area contributed by atoms with Crippen LogP contribution < -0.4 is 25.8 Å². The summed E-state index contributed by atoms with van der Waals surface area (Å²) in [6.07, 6.45) is 8.52. The van der Waals surface area contributed by atoms with Gasteiger partial charge in [-0.25, -0.2) is 15.0 Å². The van der Waals surface area contributed by atoms with Crippen LogP contribution >= 0.6 is 0 Å². The molecule has 1 aromatic heterocycles. The third-order valence-corrected chi connectivity index (χ3v) is 8.90. The highest BCUT2D eigenvalue weighted by atomic mass is 16.7. The average Bonchev–Trinajstić information content (AvgIpc) is 3.74. The van der Waals surface area contributed by atoms with Crippen molar-refractivity contribution in [1.82, 2.24) is 14.9 Å². The molecule has 2 aliphatic heterocycles. The van der Waals surface area contributed by atoms with Crippen LogP contribution in [0.15, 0.2) is 61.4 Å². The normalized spacial score (nSPS) is 19.5. The van der Waals surface area contributed by atoms with E-state index in [-0.39, 0.29) is 11.6 Å². The molecule has 0 spiro atoms. The second-order valence-corrected chi connectivity index (χ2v) is 11.6. The van der Waals surface area contributed by atoms with Crippen LogP contribution in [0.2, 0.25) is 0 Å². The molecule has 0 unspecified atom stereocenters. The van der Waals surface area contributed by atoms with Crippen LogP contribution in [0.5, 0.6) is 5.75 Å². The topological polar surface area (TPSA) is 109 Å². The van der Waals surface area contributed by atoms with E-state index in [0.29, 0.717) is 41.3 Å². The van der Waals surface area contributed by atoms with Gasteiger partial charge in [0.15, 0.2) is 5.82 Å². The van der Waals surface area contributed by atoms with Crippen LogP contribution in [-0.4, -0.2) is 72.8 Å². The summed E-state index contributed by atoms with van der Waals surface area (Å²) in [5.41, 5.74) is 9.50. The number of aromatic nitrogens is 2. The molecule has 2 aromatic carbocycles. The number of carbonyl (C=O) groups is 1. The van der Waals surface area contributed by atoms with Crippen molar-refractivity contribution in [3.05, 3.63) is 72.6 Å². The number of carbonyl (C=O) groups excluding carboxylic acids is 1. The summed E-state index contributed by atoms with van der Waals surface area (Å²) in [4.78, 5) is 32.2. The zero-order chi connectivity index (χ0) is 29.8. The number of nitrogens with zero attached hydrogens (tertiary/aromatic N) is 5. The van der Waals surface area contributed by atoms with E-state index in [2.05, 4.69) is 55.9 Å². The van der Waals surface area contributed by atoms with Gasteiger partial charge in [0.2, 0.25) is 5.91 Å². The molecule has 3 N–H and O–H groups in total. The Hall–Kier alpha value is -4.15. The lowest BCUT2D eigenvalue weighted by Gasteiger charge is -2.40. The largest absolute Gasteiger partial charge is 0.494 e. The number of amides is 1. The van der Waals surface area contributed by atoms with Crippen molar-refractivity contribution in [1.29, 1.82) is 0 Å². The van der Waals surface area contributed by atoms with Gasteiger partial charge >= 0.3 is 0 Å². The number of nitrogens with one attached hydrogen (secondary N) is 1. The van der Waals surface area contributed by atoms with Crippen molar-refractivity contribution in [2.75, 3.05) is 55.2 Å². The second kappa shape index (κ2) is 13.0. The summed E-state index contributed by atoms with van der Waals surface area (Å²) in [5, 5.41) is 5.26. The highest BCUT2D eigenvalue weighted by Gasteiger charge is 2.30. The number of ether oxygens (including phenoxy) is 1. The van der Waals surface area contributed by atoms with Crippen molar-refractivity contribution in [2.24, 2.45) is 5.73 Å². The number of hydrogen-bond acceptors (Lipinski definition) is 9. The molecular formula is C33H41N7O3. The maximum Gasteiger partial charge on any atom is 0.248 e. The first-order valence-corrected chi connectivity index (χ1v) is 15.3. The van der Waals surface area contributed by atoms with E-state index in [1.807, 2.05) is 29.3 Å². The van der Waals surface area contributed by atoms with Crippen LogP contribution in [0.25, 0.3) is 5.57 Å². The molecule has 0 bridgehead atoms. The van der Waals surface area contributed by atoms with Crippen LogP contribution in [0.1, 0.15) is 43.2 Å². The van der Waals surface area contributed by atoms with Gasteiger partial charge in [0.05, 0.1) is 25.4 Å². The molecule has 1 amide bonds. The third kappa shape index (κ3) is 6.45. The fourth-order valence-corrected chi connectivity index (χ4v) is 6.58. The van der Waals surface area contributed by atoms with E-state index < -0.39 is 5.91 Å². The molecule has 10 nitrogen and oxygen atoms in total. The molecule has 0 radical (unpaired) electrons. The van der Waals surface area contributed by atoms with E-state index in [4.69, 9.17) is 15.3 Å². The van der Waals surface area contributed by atoms with Gasteiger partial charge in [-0.3, -0.25) is 14.5 Å². The Morgan fingerprint density at radius 2 is 1.84 bits per heavy atom. The molecule has 43 heavy (non-hydrogen) atoms. The number of piperazine rings is 1. The third-order valence-electron chi connectivity index (χ3n) is 8.90. The lowest BCUT2D eigenvalue weighted by Crippen LogP contribution is -2.50. The molecule has 1 saturated carbocycles. The SMILES string of the molecule is C=C(C(N)=O)c1cc(Nc2cc(N3OCC[C@@H]3Cc3ccccc3)ncn2)c(OC)cc1N1CCN(C2CCCC2)CC1. The van der Waals surface area contributed by atoms with Crippen LogP contribution in [-0.2, 0) is 16.1 Å². The van der Waals surface area contributed by atoms with E-state index in [1.54, 1.807) is 7.11 Å². The van der Waals surface area contributed by atoms with Gasteiger partial charge in [0.1, 0.15) is 17.9 Å². The quantitative estimate of drug-likeness (QED) is 0.333. The fourth-order valence-electron chi connectivity index (χ4n) is 6.58. The first kappa shape index (κ1) is 28.9. The number of benzene rings is 2. The number of nitrogens with two attached hydrogens (primary N) is 1. The Morgan fingerprint density at radius 3 is 2.56 bits per heavy atom. The Balaban J connectivity index is 1.24. The van der Waals surface area contributed by atoms with E-state index >= 15 is 0 Å². The molecule has 6 rings (SSSR count). The van der Waals surface area contributed by atoms with Crippen LogP contribution in [0, 0.1) is 0 Å². The summed E-state index contributed by atoms with van der Waals surface area (Å²) >= 11 is 0. The number of hydroxylamine groups is 1. The predicted molar refractivity (Wildman–Crippen MR) is 170 cm³/mol. The minimum Gasteiger partial charge on any atom is -0.494 e. The monoisotopic (exact) mass is 583 g/mol. The molecule has 226 valence electrons. The molecule has 10 heteroatoms. The minimum atomic E-state index is -0.554. The van der Waals surface area contributed by atoms with E-state index in [1.165, 1.54) is 37.6 Å². The number of anilines is 4. The first-order valence-electron chi connectivity index (χ1n) is 15.3. The summed E-state index contributed by atoms with van der Waals surface area (Å²) in [7, 11) is 1.64. The average molecular weight is 584 g/mol. The smallest absolute Gasteiger partial charge is 0.248 e. The zero-order valence-corrected chi connectivity index (χ0v) is 24.9. The van der Waals surface area contributed by atoms with Crippen molar-refractivity contribution in [3.8, 4) is 5.75 Å². The predicted octanol–water partition coefficient (Wildman–Crippen LogP) is 4.54. The second-order valence-electron chi connectivity index (χ2n) is 11.6. The number of rotatable bonds is 10.